The van der Waals surface area contributed by atoms with Crippen LogP contribution in [0, 0.1) is 6.92 Å². The highest BCUT2D eigenvalue weighted by Gasteiger charge is 2.24. The first-order valence-corrected chi connectivity index (χ1v) is 7.34. The van der Waals surface area contributed by atoms with Crippen molar-refractivity contribution < 1.29 is 9.53 Å². The zero-order valence-corrected chi connectivity index (χ0v) is 13.2. The molecule has 0 aliphatic carbocycles. The largest absolute Gasteiger partial charge is 0.402 e. The minimum absolute atomic E-state index is 0.233. The van der Waals surface area contributed by atoms with Crippen LogP contribution >= 0.6 is 23.2 Å². The average Bonchev–Trinajstić information content (AvgIpc) is 2.84. The fourth-order valence-electron chi connectivity index (χ4n) is 2.10. The van der Waals surface area contributed by atoms with Gasteiger partial charge in [0.15, 0.2) is 5.70 Å². The minimum Gasteiger partial charge on any atom is -0.402 e. The van der Waals surface area contributed by atoms with Gasteiger partial charge in [-0.25, -0.2) is 9.79 Å². The Bertz CT molecular complexity index is 825. The van der Waals surface area contributed by atoms with E-state index < -0.39 is 5.97 Å². The van der Waals surface area contributed by atoms with E-state index in [-0.39, 0.29) is 5.70 Å². The van der Waals surface area contributed by atoms with Gasteiger partial charge in [-0.1, -0.05) is 47.5 Å². The van der Waals surface area contributed by atoms with Crippen molar-refractivity contribution >= 4 is 41.1 Å². The number of cyclic esters (lactones) is 1. The maximum Gasteiger partial charge on any atom is 0.363 e. The number of hydrogen-bond donors (Lipinski definition) is 0. The number of carbonyl (C=O) groups excluding carboxylic acids is 1. The lowest BCUT2D eigenvalue weighted by molar-refractivity contribution is -0.129. The molecule has 3 rings (SSSR count). The van der Waals surface area contributed by atoms with E-state index in [0.717, 1.165) is 16.7 Å². The summed E-state index contributed by atoms with van der Waals surface area (Å²) in [6.45, 7) is 1.94. The van der Waals surface area contributed by atoms with Gasteiger partial charge in [0.1, 0.15) is 0 Å². The Morgan fingerprint density at radius 1 is 1.09 bits per heavy atom. The number of halogens is 2. The van der Waals surface area contributed by atoms with Crippen molar-refractivity contribution in [3.63, 3.8) is 0 Å². The Hall–Kier alpha value is -2.10. The lowest BCUT2D eigenvalue weighted by Crippen LogP contribution is -2.06. The molecule has 0 spiro atoms. The van der Waals surface area contributed by atoms with Gasteiger partial charge in [0.05, 0.1) is 10.0 Å². The Balaban J connectivity index is 1.98. The predicted molar refractivity (Wildman–Crippen MR) is 88.2 cm³/mol. The Labute approximate surface area is 137 Å². The van der Waals surface area contributed by atoms with E-state index >= 15 is 0 Å². The van der Waals surface area contributed by atoms with Gasteiger partial charge >= 0.3 is 5.97 Å². The van der Waals surface area contributed by atoms with E-state index in [1.165, 1.54) is 0 Å². The van der Waals surface area contributed by atoms with Crippen LogP contribution in [0.15, 0.2) is 53.2 Å². The predicted octanol–water partition coefficient (Wildman–Crippen LogP) is 4.65. The number of benzene rings is 2. The molecule has 0 fully saturated rings. The van der Waals surface area contributed by atoms with E-state index in [9.17, 15) is 4.79 Å². The highest BCUT2D eigenvalue weighted by Crippen LogP contribution is 2.25. The molecule has 1 aliphatic rings. The summed E-state index contributed by atoms with van der Waals surface area (Å²) in [6, 6.07) is 12.7. The molecular weight excluding hydrogens is 321 g/mol. The monoisotopic (exact) mass is 331 g/mol. The molecule has 0 bridgehead atoms. The summed E-state index contributed by atoms with van der Waals surface area (Å²) in [5.74, 6) is -0.168. The number of hydrogen-bond acceptors (Lipinski definition) is 3. The maximum absolute atomic E-state index is 12.0. The first-order chi connectivity index (χ1) is 10.5. The van der Waals surface area contributed by atoms with Crippen LogP contribution in [0.5, 0.6) is 0 Å². The highest BCUT2D eigenvalue weighted by molar-refractivity contribution is 6.42. The number of nitrogens with zero attached hydrogens (tertiary/aromatic N) is 1. The van der Waals surface area contributed by atoms with Gasteiger partial charge < -0.3 is 4.74 Å². The summed E-state index contributed by atoms with van der Waals surface area (Å²) in [4.78, 5) is 16.2. The molecule has 1 aliphatic heterocycles. The van der Waals surface area contributed by atoms with Crippen molar-refractivity contribution in [2.24, 2.45) is 4.99 Å². The van der Waals surface area contributed by atoms with E-state index in [4.69, 9.17) is 27.9 Å². The molecule has 110 valence electrons. The van der Waals surface area contributed by atoms with Crippen molar-refractivity contribution in [3.05, 3.63) is 74.9 Å². The van der Waals surface area contributed by atoms with Gasteiger partial charge in [0, 0.05) is 5.56 Å². The van der Waals surface area contributed by atoms with Crippen LogP contribution < -0.4 is 0 Å². The highest BCUT2D eigenvalue weighted by atomic mass is 35.5. The van der Waals surface area contributed by atoms with Gasteiger partial charge in [-0.2, -0.15) is 0 Å². The molecule has 0 saturated carbocycles. The third-order valence-corrected chi connectivity index (χ3v) is 3.98. The maximum atomic E-state index is 12.0. The smallest absolute Gasteiger partial charge is 0.363 e. The number of esters is 1. The molecule has 0 N–H and O–H groups in total. The molecule has 0 amide bonds. The van der Waals surface area contributed by atoms with E-state index in [1.807, 2.05) is 31.2 Å². The van der Waals surface area contributed by atoms with Crippen molar-refractivity contribution in [1.82, 2.24) is 0 Å². The molecular formula is C17H11Cl2NO2. The van der Waals surface area contributed by atoms with Crippen LogP contribution in [0.4, 0.5) is 0 Å². The van der Waals surface area contributed by atoms with Crippen LogP contribution in [0.1, 0.15) is 16.7 Å². The summed E-state index contributed by atoms with van der Waals surface area (Å²) >= 11 is 11.8. The number of rotatable bonds is 2. The fraction of sp³-hybridized carbons (Fsp3) is 0.0588. The summed E-state index contributed by atoms with van der Waals surface area (Å²) in [6.07, 6.45) is 1.62. The second-order valence-electron chi connectivity index (χ2n) is 4.82. The van der Waals surface area contributed by atoms with Crippen molar-refractivity contribution in [2.45, 2.75) is 6.92 Å². The molecule has 5 heteroatoms. The lowest BCUT2D eigenvalue weighted by Gasteiger charge is -2.02. The molecule has 2 aromatic carbocycles. The molecule has 0 atom stereocenters. The molecule has 0 aromatic heterocycles. The normalized spacial score (nSPS) is 15.9. The SMILES string of the molecule is Cc1ccccc1C1=N/C(=C/c2ccc(Cl)c(Cl)c2)C(=O)O1. The number of ether oxygens (including phenoxy) is 1. The summed E-state index contributed by atoms with van der Waals surface area (Å²) in [5, 5.41) is 0.882. The van der Waals surface area contributed by atoms with Crippen LogP contribution in [-0.4, -0.2) is 11.9 Å². The van der Waals surface area contributed by atoms with Gasteiger partial charge in [-0.3, -0.25) is 0 Å². The number of aryl methyl sites for hydroxylation is 1. The van der Waals surface area contributed by atoms with Crippen molar-refractivity contribution in [1.29, 1.82) is 0 Å². The zero-order chi connectivity index (χ0) is 15.7. The first kappa shape index (κ1) is 14.8. The quantitative estimate of drug-likeness (QED) is 0.593. The van der Waals surface area contributed by atoms with Gasteiger partial charge in [0.2, 0.25) is 5.90 Å². The Kier molecular flexibility index (Phi) is 4.01. The summed E-state index contributed by atoms with van der Waals surface area (Å²) in [7, 11) is 0. The first-order valence-electron chi connectivity index (χ1n) is 6.58. The number of carbonyl (C=O) groups is 1. The molecule has 0 unspecified atom stereocenters. The Morgan fingerprint density at radius 2 is 1.86 bits per heavy atom. The second kappa shape index (κ2) is 5.95. The molecule has 2 aromatic rings. The van der Waals surface area contributed by atoms with E-state index in [1.54, 1.807) is 24.3 Å². The molecule has 0 radical (unpaired) electrons. The summed E-state index contributed by atoms with van der Waals surface area (Å²) < 4.78 is 5.25. The van der Waals surface area contributed by atoms with Crippen LogP contribution in [0.3, 0.4) is 0 Å². The zero-order valence-electron chi connectivity index (χ0n) is 11.6. The van der Waals surface area contributed by atoms with Gasteiger partial charge in [-0.05, 0) is 42.3 Å². The molecule has 3 nitrogen and oxygen atoms in total. The van der Waals surface area contributed by atoms with Crippen molar-refractivity contribution in [2.75, 3.05) is 0 Å². The third-order valence-electron chi connectivity index (χ3n) is 3.24. The van der Waals surface area contributed by atoms with E-state index in [0.29, 0.717) is 15.9 Å². The average molecular weight is 332 g/mol. The van der Waals surface area contributed by atoms with Crippen LogP contribution in [0.2, 0.25) is 10.0 Å². The van der Waals surface area contributed by atoms with Crippen molar-refractivity contribution in [3.8, 4) is 0 Å². The molecule has 0 saturated heterocycles. The van der Waals surface area contributed by atoms with Crippen LogP contribution in [-0.2, 0) is 9.53 Å². The molecule has 1 heterocycles. The topological polar surface area (TPSA) is 38.7 Å². The molecule has 22 heavy (non-hydrogen) atoms. The summed E-state index contributed by atoms with van der Waals surface area (Å²) in [5.41, 5.74) is 2.76. The standard InChI is InChI=1S/C17H11Cl2NO2/c1-10-4-2-3-5-12(10)16-20-15(17(21)22-16)9-11-6-7-13(18)14(19)8-11/h2-9H,1H3/b15-9+. The number of aliphatic imine (C=N–C) groups is 1. The second-order valence-corrected chi connectivity index (χ2v) is 5.64. The third kappa shape index (κ3) is 2.91. The lowest BCUT2D eigenvalue weighted by atomic mass is 10.1. The van der Waals surface area contributed by atoms with Gasteiger partial charge in [-0.15, -0.1) is 0 Å². The van der Waals surface area contributed by atoms with E-state index in [2.05, 4.69) is 4.99 Å². The van der Waals surface area contributed by atoms with Gasteiger partial charge in [0.25, 0.3) is 0 Å². The van der Waals surface area contributed by atoms with Crippen LogP contribution in [0.25, 0.3) is 6.08 Å². The fourth-order valence-corrected chi connectivity index (χ4v) is 2.40. The minimum atomic E-state index is -0.482. The Morgan fingerprint density at radius 3 is 2.59 bits per heavy atom.